The fourth-order valence-corrected chi connectivity index (χ4v) is 1.78. The van der Waals surface area contributed by atoms with E-state index in [1.54, 1.807) is 6.33 Å². The number of fused-ring (bicyclic) bond motifs is 1. The van der Waals surface area contributed by atoms with Crippen LogP contribution in [0, 0.1) is 0 Å². The molecule has 0 atom stereocenters. The average molecular weight is 265 g/mol. The lowest BCUT2D eigenvalue weighted by molar-refractivity contribution is 0.331. The standard InChI is InChI=1S/C11H15N5OS/c1-7(5-17)3-4-12-9-8-10(14-6-13-8)16-11(15-9)18-2/h3,6,17H,4-5H2,1-2H3,(H2,12,13,14,15,16)/b7-3-. The third-order valence-electron chi connectivity index (χ3n) is 2.41. The molecule has 3 N–H and O–H groups in total. The number of hydrogen-bond acceptors (Lipinski definition) is 6. The minimum Gasteiger partial charge on any atom is -0.392 e. The first-order valence-corrected chi connectivity index (χ1v) is 6.72. The number of nitrogens with zero attached hydrogens (tertiary/aromatic N) is 3. The van der Waals surface area contributed by atoms with Gasteiger partial charge in [0.05, 0.1) is 12.9 Å². The Bertz CT molecular complexity index is 566. The Morgan fingerprint density at radius 1 is 1.56 bits per heavy atom. The van der Waals surface area contributed by atoms with Crippen molar-refractivity contribution in [3.63, 3.8) is 0 Å². The van der Waals surface area contributed by atoms with Crippen molar-refractivity contribution in [3.8, 4) is 0 Å². The zero-order valence-electron chi connectivity index (χ0n) is 10.3. The van der Waals surface area contributed by atoms with Crippen molar-refractivity contribution in [2.75, 3.05) is 24.7 Å². The highest BCUT2D eigenvalue weighted by Gasteiger charge is 2.08. The summed E-state index contributed by atoms with van der Waals surface area (Å²) in [5.41, 5.74) is 2.36. The normalized spacial score (nSPS) is 12.1. The maximum atomic E-state index is 8.91. The van der Waals surface area contributed by atoms with Crippen molar-refractivity contribution >= 4 is 28.7 Å². The van der Waals surface area contributed by atoms with Gasteiger partial charge in [-0.25, -0.2) is 15.0 Å². The lowest BCUT2D eigenvalue weighted by Crippen LogP contribution is -2.04. The molecule has 2 aromatic heterocycles. The van der Waals surface area contributed by atoms with Crippen molar-refractivity contribution in [1.29, 1.82) is 0 Å². The minimum atomic E-state index is 0.0688. The van der Waals surface area contributed by atoms with Crippen LogP contribution in [0.5, 0.6) is 0 Å². The van der Waals surface area contributed by atoms with Crippen LogP contribution in [-0.2, 0) is 0 Å². The van der Waals surface area contributed by atoms with Crippen LogP contribution in [0.1, 0.15) is 6.92 Å². The Morgan fingerprint density at radius 2 is 2.39 bits per heavy atom. The van der Waals surface area contributed by atoms with Crippen LogP contribution in [0.2, 0.25) is 0 Å². The number of aromatic amines is 1. The Hall–Kier alpha value is -1.60. The van der Waals surface area contributed by atoms with E-state index < -0.39 is 0 Å². The van der Waals surface area contributed by atoms with E-state index in [9.17, 15) is 0 Å². The summed E-state index contributed by atoms with van der Waals surface area (Å²) in [6, 6.07) is 0. The second-order valence-electron chi connectivity index (χ2n) is 3.75. The molecule has 0 fully saturated rings. The zero-order chi connectivity index (χ0) is 13.0. The van der Waals surface area contributed by atoms with E-state index in [0.29, 0.717) is 17.5 Å². The van der Waals surface area contributed by atoms with Crippen molar-refractivity contribution in [3.05, 3.63) is 18.0 Å². The number of aromatic nitrogens is 4. The van der Waals surface area contributed by atoms with Crippen LogP contribution in [0.25, 0.3) is 11.2 Å². The number of imidazole rings is 1. The van der Waals surface area contributed by atoms with E-state index in [0.717, 1.165) is 16.7 Å². The second-order valence-corrected chi connectivity index (χ2v) is 4.52. The highest BCUT2D eigenvalue weighted by molar-refractivity contribution is 7.98. The summed E-state index contributed by atoms with van der Waals surface area (Å²) in [5.74, 6) is 0.701. The first-order valence-electron chi connectivity index (χ1n) is 5.50. The molecular weight excluding hydrogens is 250 g/mol. The molecule has 18 heavy (non-hydrogen) atoms. The largest absolute Gasteiger partial charge is 0.392 e. The van der Waals surface area contributed by atoms with Crippen LogP contribution in [-0.4, -0.2) is 44.4 Å². The quantitative estimate of drug-likeness (QED) is 0.430. The van der Waals surface area contributed by atoms with Gasteiger partial charge in [-0.1, -0.05) is 23.4 Å². The molecule has 0 saturated carbocycles. The zero-order valence-corrected chi connectivity index (χ0v) is 11.1. The van der Waals surface area contributed by atoms with E-state index in [1.807, 2.05) is 19.3 Å². The molecule has 7 heteroatoms. The van der Waals surface area contributed by atoms with Gasteiger partial charge in [-0.15, -0.1) is 0 Å². The van der Waals surface area contributed by atoms with Crippen LogP contribution in [0.3, 0.4) is 0 Å². The first kappa shape index (κ1) is 12.8. The van der Waals surface area contributed by atoms with Crippen LogP contribution < -0.4 is 5.32 Å². The van der Waals surface area contributed by atoms with E-state index >= 15 is 0 Å². The fourth-order valence-electron chi connectivity index (χ4n) is 1.42. The Kier molecular flexibility index (Phi) is 4.16. The molecule has 0 aliphatic heterocycles. The van der Waals surface area contributed by atoms with E-state index in [1.165, 1.54) is 11.8 Å². The lowest BCUT2D eigenvalue weighted by atomic mass is 10.3. The predicted molar refractivity (Wildman–Crippen MR) is 72.8 cm³/mol. The molecular formula is C11H15N5OS. The van der Waals surface area contributed by atoms with E-state index in [2.05, 4.69) is 25.3 Å². The number of aliphatic hydroxyl groups is 1. The maximum Gasteiger partial charge on any atom is 0.191 e. The summed E-state index contributed by atoms with van der Waals surface area (Å²) in [4.78, 5) is 15.9. The number of rotatable bonds is 5. The second kappa shape index (κ2) is 5.83. The van der Waals surface area contributed by atoms with Gasteiger partial charge in [0.2, 0.25) is 0 Å². The monoisotopic (exact) mass is 265 g/mol. The molecule has 0 bridgehead atoms. The van der Waals surface area contributed by atoms with Gasteiger partial charge in [-0.05, 0) is 13.2 Å². The minimum absolute atomic E-state index is 0.0688. The molecule has 96 valence electrons. The molecule has 0 aromatic carbocycles. The number of hydrogen-bond donors (Lipinski definition) is 3. The van der Waals surface area contributed by atoms with Gasteiger partial charge >= 0.3 is 0 Å². The number of aliphatic hydroxyl groups excluding tert-OH is 1. The van der Waals surface area contributed by atoms with Crippen LogP contribution in [0.15, 0.2) is 23.1 Å². The van der Waals surface area contributed by atoms with Gasteiger partial charge in [-0.3, -0.25) is 0 Å². The van der Waals surface area contributed by atoms with Gasteiger partial charge in [-0.2, -0.15) is 0 Å². The number of anilines is 1. The number of H-pyrrole nitrogens is 1. The molecule has 2 aromatic rings. The lowest BCUT2D eigenvalue weighted by Gasteiger charge is -2.05. The van der Waals surface area contributed by atoms with E-state index in [4.69, 9.17) is 5.11 Å². The molecule has 0 aliphatic rings. The molecule has 0 radical (unpaired) electrons. The Labute approximate surface area is 109 Å². The summed E-state index contributed by atoms with van der Waals surface area (Å²) >= 11 is 1.48. The van der Waals surface area contributed by atoms with Gasteiger partial charge in [0.15, 0.2) is 16.6 Å². The van der Waals surface area contributed by atoms with Crippen LogP contribution in [0.4, 0.5) is 5.82 Å². The maximum absolute atomic E-state index is 8.91. The summed E-state index contributed by atoms with van der Waals surface area (Å²) in [6.45, 7) is 2.54. The first-order chi connectivity index (χ1) is 8.74. The third kappa shape index (κ3) is 2.80. The molecule has 0 amide bonds. The molecule has 0 spiro atoms. The smallest absolute Gasteiger partial charge is 0.191 e. The van der Waals surface area contributed by atoms with Gasteiger partial charge in [0, 0.05) is 6.54 Å². The molecule has 2 heterocycles. The number of thioether (sulfide) groups is 1. The average Bonchev–Trinajstić information content (AvgIpc) is 2.86. The van der Waals surface area contributed by atoms with Crippen molar-refractivity contribution < 1.29 is 5.11 Å². The topological polar surface area (TPSA) is 86.7 Å². The summed E-state index contributed by atoms with van der Waals surface area (Å²) in [5, 5.41) is 12.8. The highest BCUT2D eigenvalue weighted by Crippen LogP contribution is 2.20. The molecule has 0 aliphatic carbocycles. The Balaban J connectivity index is 2.23. The fraction of sp³-hybridized carbons (Fsp3) is 0.364. The van der Waals surface area contributed by atoms with Crippen molar-refractivity contribution in [1.82, 2.24) is 19.9 Å². The van der Waals surface area contributed by atoms with Crippen molar-refractivity contribution in [2.24, 2.45) is 0 Å². The summed E-state index contributed by atoms with van der Waals surface area (Å²) < 4.78 is 0. The molecule has 0 unspecified atom stereocenters. The highest BCUT2D eigenvalue weighted by atomic mass is 32.2. The molecule has 6 nitrogen and oxygen atoms in total. The summed E-state index contributed by atoms with van der Waals surface area (Å²) in [6.07, 6.45) is 5.44. The SMILES string of the molecule is CSc1nc(NC/C=C(/C)CO)c2nc[nH]c2n1. The third-order valence-corrected chi connectivity index (χ3v) is 2.96. The number of nitrogens with one attached hydrogen (secondary N) is 2. The predicted octanol–water partition coefficient (Wildman–Crippen LogP) is 1.43. The van der Waals surface area contributed by atoms with Gasteiger partial charge < -0.3 is 15.4 Å². The Morgan fingerprint density at radius 3 is 3.11 bits per heavy atom. The molecule has 2 rings (SSSR count). The van der Waals surface area contributed by atoms with Crippen LogP contribution >= 0.6 is 11.8 Å². The van der Waals surface area contributed by atoms with Gasteiger partial charge in [0.1, 0.15) is 5.52 Å². The summed E-state index contributed by atoms with van der Waals surface area (Å²) in [7, 11) is 0. The van der Waals surface area contributed by atoms with Gasteiger partial charge in [0.25, 0.3) is 0 Å². The van der Waals surface area contributed by atoms with E-state index in [-0.39, 0.29) is 6.61 Å². The molecule has 0 saturated heterocycles. The van der Waals surface area contributed by atoms with Crippen molar-refractivity contribution in [2.45, 2.75) is 12.1 Å².